The SMILES string of the molecule is COc1cc([C@@H]2Nc3c(ccc4ccccc34)[C@H]3C=CC[C@H]32)cc(OC)c1OC. The summed E-state index contributed by atoms with van der Waals surface area (Å²) in [4.78, 5) is 0. The lowest BCUT2D eigenvalue weighted by atomic mass is 9.76. The third-order valence-corrected chi connectivity index (χ3v) is 6.31. The Bertz CT molecular complexity index is 1080. The second-order valence-corrected chi connectivity index (χ2v) is 7.69. The topological polar surface area (TPSA) is 39.7 Å². The summed E-state index contributed by atoms with van der Waals surface area (Å²) in [6.07, 6.45) is 5.72. The van der Waals surface area contributed by atoms with Crippen LogP contribution in [0.15, 0.2) is 60.7 Å². The zero-order valence-corrected chi connectivity index (χ0v) is 16.9. The molecule has 4 heteroatoms. The van der Waals surface area contributed by atoms with Gasteiger partial charge in [0.15, 0.2) is 11.5 Å². The van der Waals surface area contributed by atoms with E-state index >= 15 is 0 Å². The predicted molar refractivity (Wildman–Crippen MR) is 116 cm³/mol. The molecule has 0 fully saturated rings. The number of rotatable bonds is 4. The highest BCUT2D eigenvalue weighted by Crippen LogP contribution is 2.53. The third kappa shape index (κ3) is 2.74. The first kappa shape index (κ1) is 17.9. The standard InChI is InChI=1S/C25H25NO3/c1-27-21-13-16(14-22(28-2)25(21)29-3)23-19-10-6-9-18(19)20-12-11-15-7-4-5-8-17(15)24(20)26-23/h4-9,11-14,18-19,23,26H,10H2,1-3H3/t18-,19+,23-/m0/s1. The first-order valence-corrected chi connectivity index (χ1v) is 10.00. The molecule has 1 heterocycles. The van der Waals surface area contributed by atoms with Crippen LogP contribution < -0.4 is 19.5 Å². The van der Waals surface area contributed by atoms with Crippen molar-refractivity contribution in [2.24, 2.45) is 5.92 Å². The molecule has 1 aliphatic heterocycles. The van der Waals surface area contributed by atoms with Crippen molar-refractivity contribution < 1.29 is 14.2 Å². The molecule has 5 rings (SSSR count). The smallest absolute Gasteiger partial charge is 0.203 e. The van der Waals surface area contributed by atoms with Crippen LogP contribution in [0.1, 0.15) is 29.5 Å². The molecule has 0 radical (unpaired) electrons. The normalized spacial score (nSPS) is 22.0. The number of benzene rings is 3. The molecule has 148 valence electrons. The highest BCUT2D eigenvalue weighted by atomic mass is 16.5. The molecular weight excluding hydrogens is 362 g/mol. The van der Waals surface area contributed by atoms with Gasteiger partial charge in [-0.2, -0.15) is 0 Å². The molecule has 0 saturated heterocycles. The van der Waals surface area contributed by atoms with Gasteiger partial charge in [0.2, 0.25) is 5.75 Å². The lowest BCUT2D eigenvalue weighted by Crippen LogP contribution is -2.29. The van der Waals surface area contributed by atoms with Gasteiger partial charge in [-0.25, -0.2) is 0 Å². The molecule has 0 unspecified atom stereocenters. The van der Waals surface area contributed by atoms with E-state index in [1.54, 1.807) is 21.3 Å². The largest absolute Gasteiger partial charge is 0.493 e. The molecule has 0 saturated carbocycles. The second-order valence-electron chi connectivity index (χ2n) is 7.69. The zero-order valence-electron chi connectivity index (χ0n) is 16.9. The van der Waals surface area contributed by atoms with Crippen molar-refractivity contribution in [1.29, 1.82) is 0 Å². The summed E-state index contributed by atoms with van der Waals surface area (Å²) < 4.78 is 16.7. The Hall–Kier alpha value is -3.14. The number of fused-ring (bicyclic) bond motifs is 5. The van der Waals surface area contributed by atoms with Crippen LogP contribution in [-0.4, -0.2) is 21.3 Å². The first-order chi connectivity index (χ1) is 14.2. The Kier molecular flexibility index (Phi) is 4.35. The maximum atomic E-state index is 5.61. The lowest BCUT2D eigenvalue weighted by molar-refractivity contribution is 0.322. The van der Waals surface area contributed by atoms with Crippen molar-refractivity contribution in [3.63, 3.8) is 0 Å². The molecule has 3 atom stereocenters. The Balaban J connectivity index is 1.67. The maximum absolute atomic E-state index is 5.61. The van der Waals surface area contributed by atoms with Gasteiger partial charge >= 0.3 is 0 Å². The number of hydrogen-bond donors (Lipinski definition) is 1. The van der Waals surface area contributed by atoms with Crippen LogP contribution in [-0.2, 0) is 0 Å². The Morgan fingerprint density at radius 2 is 1.66 bits per heavy atom. The number of hydrogen-bond acceptors (Lipinski definition) is 4. The van der Waals surface area contributed by atoms with Gasteiger partial charge in [-0.05, 0) is 41.0 Å². The minimum absolute atomic E-state index is 0.155. The summed E-state index contributed by atoms with van der Waals surface area (Å²) in [5, 5.41) is 6.39. The molecule has 4 nitrogen and oxygen atoms in total. The van der Waals surface area contributed by atoms with E-state index in [-0.39, 0.29) is 6.04 Å². The van der Waals surface area contributed by atoms with Gasteiger partial charge in [0, 0.05) is 17.0 Å². The van der Waals surface area contributed by atoms with Crippen LogP contribution in [0, 0.1) is 5.92 Å². The molecule has 0 spiro atoms. The highest BCUT2D eigenvalue weighted by molar-refractivity contribution is 5.96. The van der Waals surface area contributed by atoms with Gasteiger partial charge in [-0.1, -0.05) is 48.6 Å². The summed E-state index contributed by atoms with van der Waals surface area (Å²) in [5.74, 6) is 2.86. The van der Waals surface area contributed by atoms with Crippen LogP contribution in [0.4, 0.5) is 5.69 Å². The van der Waals surface area contributed by atoms with Crippen molar-refractivity contribution in [3.8, 4) is 17.2 Å². The van der Waals surface area contributed by atoms with Crippen LogP contribution in [0.25, 0.3) is 10.8 Å². The fourth-order valence-electron chi connectivity index (χ4n) is 4.95. The van der Waals surface area contributed by atoms with Crippen LogP contribution in [0.5, 0.6) is 17.2 Å². The van der Waals surface area contributed by atoms with Crippen molar-refractivity contribution in [2.75, 3.05) is 26.6 Å². The summed E-state index contributed by atoms with van der Waals surface area (Å²) in [6, 6.07) is 17.4. The molecule has 29 heavy (non-hydrogen) atoms. The van der Waals surface area contributed by atoms with Crippen molar-refractivity contribution in [2.45, 2.75) is 18.4 Å². The predicted octanol–water partition coefficient (Wildman–Crippen LogP) is 5.69. The molecule has 0 aromatic heterocycles. The van der Waals surface area contributed by atoms with E-state index in [0.717, 1.165) is 12.0 Å². The van der Waals surface area contributed by atoms with Crippen LogP contribution in [0.2, 0.25) is 0 Å². The second kappa shape index (κ2) is 7.03. The molecule has 0 bridgehead atoms. The summed E-state index contributed by atoms with van der Waals surface area (Å²) >= 11 is 0. The van der Waals surface area contributed by atoms with E-state index < -0.39 is 0 Å². The third-order valence-electron chi connectivity index (χ3n) is 6.31. The maximum Gasteiger partial charge on any atom is 0.203 e. The number of anilines is 1. The number of allylic oxidation sites excluding steroid dienone is 2. The summed E-state index contributed by atoms with van der Waals surface area (Å²) in [7, 11) is 4.97. The van der Waals surface area contributed by atoms with E-state index in [2.05, 4.69) is 66.0 Å². The number of nitrogens with one attached hydrogen (secondary N) is 1. The van der Waals surface area contributed by atoms with E-state index in [0.29, 0.717) is 29.1 Å². The zero-order chi connectivity index (χ0) is 20.0. The summed E-state index contributed by atoms with van der Waals surface area (Å²) in [5.41, 5.74) is 3.76. The average molecular weight is 387 g/mol. The highest BCUT2D eigenvalue weighted by Gasteiger charge is 2.39. The van der Waals surface area contributed by atoms with Gasteiger partial charge < -0.3 is 19.5 Å². The lowest BCUT2D eigenvalue weighted by Gasteiger charge is -2.38. The minimum atomic E-state index is 0.155. The van der Waals surface area contributed by atoms with Gasteiger partial charge in [0.1, 0.15) is 0 Å². The monoisotopic (exact) mass is 387 g/mol. The van der Waals surface area contributed by atoms with Gasteiger partial charge in [0.05, 0.1) is 27.4 Å². The molecule has 1 N–H and O–H groups in total. The van der Waals surface area contributed by atoms with Gasteiger partial charge in [-0.15, -0.1) is 0 Å². The quantitative estimate of drug-likeness (QED) is 0.584. The molecule has 0 amide bonds. The molecule has 3 aromatic carbocycles. The van der Waals surface area contributed by atoms with E-state index in [1.165, 1.54) is 22.0 Å². The molecule has 2 aliphatic rings. The van der Waals surface area contributed by atoms with Crippen LogP contribution >= 0.6 is 0 Å². The number of ether oxygens (including phenoxy) is 3. The summed E-state index contributed by atoms with van der Waals surface area (Å²) in [6.45, 7) is 0. The van der Waals surface area contributed by atoms with Crippen molar-refractivity contribution in [3.05, 3.63) is 71.8 Å². The Labute approximate surface area is 171 Å². The van der Waals surface area contributed by atoms with Crippen molar-refractivity contribution in [1.82, 2.24) is 0 Å². The van der Waals surface area contributed by atoms with Crippen molar-refractivity contribution >= 4 is 16.5 Å². The van der Waals surface area contributed by atoms with E-state index in [4.69, 9.17) is 14.2 Å². The molecule has 1 aliphatic carbocycles. The van der Waals surface area contributed by atoms with Gasteiger partial charge in [-0.3, -0.25) is 0 Å². The molecule has 3 aromatic rings. The molecular formula is C25H25NO3. The Morgan fingerprint density at radius 1 is 0.897 bits per heavy atom. The van der Waals surface area contributed by atoms with E-state index in [9.17, 15) is 0 Å². The van der Waals surface area contributed by atoms with Crippen LogP contribution in [0.3, 0.4) is 0 Å². The minimum Gasteiger partial charge on any atom is -0.493 e. The number of methoxy groups -OCH3 is 3. The average Bonchev–Trinajstić information content (AvgIpc) is 3.27. The first-order valence-electron chi connectivity index (χ1n) is 10.00. The Morgan fingerprint density at radius 3 is 2.38 bits per heavy atom. The fourth-order valence-corrected chi connectivity index (χ4v) is 4.95. The fraction of sp³-hybridized carbons (Fsp3) is 0.280. The van der Waals surface area contributed by atoms with E-state index in [1.807, 2.05) is 0 Å². The van der Waals surface area contributed by atoms with Gasteiger partial charge in [0.25, 0.3) is 0 Å².